The number of carbonyl (C=O) groups is 1. The molecule has 0 saturated carbocycles. The van der Waals surface area contributed by atoms with Crippen molar-refractivity contribution in [1.29, 1.82) is 0 Å². The van der Waals surface area contributed by atoms with Gasteiger partial charge in [0.15, 0.2) is 0 Å². The van der Waals surface area contributed by atoms with Gasteiger partial charge in [-0.05, 0) is 18.4 Å². The van der Waals surface area contributed by atoms with Crippen molar-refractivity contribution < 1.29 is 79.4 Å². The molecule has 0 bridgehead atoms. The van der Waals surface area contributed by atoms with Gasteiger partial charge in [-0.25, -0.2) is 0 Å². The summed E-state index contributed by atoms with van der Waals surface area (Å²) in [6.45, 7) is -1.03. The number of benzene rings is 1. The van der Waals surface area contributed by atoms with Crippen molar-refractivity contribution in [1.82, 2.24) is 5.32 Å². The maximum Gasteiger partial charge on any atom is 0.460 e. The van der Waals surface area contributed by atoms with Crippen molar-refractivity contribution in [3.63, 3.8) is 0 Å². The molecule has 19 heteroatoms. The van der Waals surface area contributed by atoms with Crippen LogP contribution in [0.1, 0.15) is 12.0 Å². The van der Waals surface area contributed by atoms with E-state index in [-0.39, 0.29) is 12.8 Å². The highest BCUT2D eigenvalue weighted by Gasteiger charge is 2.95. The second kappa shape index (κ2) is 9.67. The average molecular weight is 581 g/mol. The van der Waals surface area contributed by atoms with Gasteiger partial charge < -0.3 is 5.32 Å². The second-order valence-electron chi connectivity index (χ2n) is 7.36. The van der Waals surface area contributed by atoms with Crippen LogP contribution in [0.15, 0.2) is 30.3 Å². The summed E-state index contributed by atoms with van der Waals surface area (Å²) >= 11 is 0. The average Bonchev–Trinajstić information content (AvgIpc) is 2.75. The molecule has 1 aromatic carbocycles. The molecule has 1 rings (SSSR count). The molecular weight excluding hydrogens is 569 g/mol. The number of hydrogen-bond donors (Lipinski definition) is 1. The Kier molecular flexibility index (Phi) is 8.50. The molecule has 37 heavy (non-hydrogen) atoms. The molecule has 0 aliphatic heterocycles. The van der Waals surface area contributed by atoms with Crippen molar-refractivity contribution in [2.24, 2.45) is 0 Å². The van der Waals surface area contributed by atoms with Crippen LogP contribution in [0.4, 0.5) is 74.6 Å². The first-order valence-corrected chi connectivity index (χ1v) is 9.28. The van der Waals surface area contributed by atoms with Crippen LogP contribution >= 0.6 is 0 Å². The van der Waals surface area contributed by atoms with E-state index in [9.17, 15) is 79.4 Å². The Labute approximate surface area is 194 Å². The van der Waals surface area contributed by atoms with Gasteiger partial charge in [0.05, 0.1) is 0 Å². The molecule has 214 valence electrons. The summed E-state index contributed by atoms with van der Waals surface area (Å²) in [7, 11) is 0. The third kappa shape index (κ3) is 5.00. The quantitative estimate of drug-likeness (QED) is 0.228. The monoisotopic (exact) mass is 581 g/mol. The van der Waals surface area contributed by atoms with E-state index >= 15 is 0 Å². The van der Waals surface area contributed by atoms with Crippen molar-refractivity contribution in [2.45, 2.75) is 60.5 Å². The molecule has 0 radical (unpaired) electrons. The number of aryl methyl sites for hydroxylation is 1. The molecule has 0 unspecified atom stereocenters. The van der Waals surface area contributed by atoms with E-state index in [0.717, 1.165) is 5.32 Å². The molecule has 0 heterocycles. The Hall–Kier alpha value is -2.50. The molecule has 0 aliphatic carbocycles. The summed E-state index contributed by atoms with van der Waals surface area (Å²) in [4.78, 5) is 11.3. The number of alkyl halides is 17. The SMILES string of the molecule is O=C(NCCCc1ccccc1)C(F)(F)C(F)(F)C(F)(F)C(F)(F)C(F)(F)C(F)(F)C(F)(F)C(F)(F)F. The fourth-order valence-electron chi connectivity index (χ4n) is 2.56. The fraction of sp³-hybridized carbons (Fsp3) is 0.611. The summed E-state index contributed by atoms with van der Waals surface area (Å²) in [6.07, 6.45) is -8.26. The lowest BCUT2D eigenvalue weighted by Gasteiger charge is -2.42. The van der Waals surface area contributed by atoms with Crippen molar-refractivity contribution in [3.8, 4) is 0 Å². The second-order valence-corrected chi connectivity index (χ2v) is 7.36. The van der Waals surface area contributed by atoms with Crippen LogP contribution in [-0.2, 0) is 11.2 Å². The van der Waals surface area contributed by atoms with Crippen LogP contribution in [-0.4, -0.2) is 60.1 Å². The molecule has 2 nitrogen and oxygen atoms in total. The standard InChI is InChI=1S/C18H12F17NO/c19-11(20,10(37)36-8-4-7-9-5-2-1-3-6-9)12(21,22)13(23,24)14(25,26)15(27,28)16(29,30)17(31,32)18(33,34)35/h1-3,5-6H,4,7-8H2,(H,36,37). The van der Waals surface area contributed by atoms with Gasteiger partial charge in [-0.3, -0.25) is 4.79 Å². The van der Waals surface area contributed by atoms with E-state index in [1.54, 1.807) is 0 Å². The summed E-state index contributed by atoms with van der Waals surface area (Å²) in [5.74, 6) is -61.4. The van der Waals surface area contributed by atoms with Crippen molar-refractivity contribution >= 4 is 5.91 Å². The zero-order valence-corrected chi connectivity index (χ0v) is 17.3. The van der Waals surface area contributed by atoms with Crippen LogP contribution < -0.4 is 5.32 Å². The maximum atomic E-state index is 13.7. The Morgan fingerprint density at radius 1 is 0.568 bits per heavy atom. The van der Waals surface area contributed by atoms with Gasteiger partial charge in [-0.2, -0.15) is 74.6 Å². The molecule has 0 fully saturated rings. The zero-order valence-electron chi connectivity index (χ0n) is 17.3. The predicted molar refractivity (Wildman–Crippen MR) is 88.5 cm³/mol. The summed E-state index contributed by atoms with van der Waals surface area (Å²) in [5.41, 5.74) is 0.471. The highest BCUT2D eigenvalue weighted by molar-refractivity contribution is 5.84. The number of amides is 1. The molecule has 0 saturated heterocycles. The van der Waals surface area contributed by atoms with Crippen LogP contribution in [0.25, 0.3) is 0 Å². The summed E-state index contributed by atoms with van der Waals surface area (Å²) < 4.78 is 224. The highest BCUT2D eigenvalue weighted by Crippen LogP contribution is 2.63. The molecule has 0 aliphatic rings. The van der Waals surface area contributed by atoms with Crippen molar-refractivity contribution in [2.75, 3.05) is 6.54 Å². The molecule has 1 N–H and O–H groups in total. The third-order valence-corrected chi connectivity index (χ3v) is 4.78. The number of nitrogens with one attached hydrogen (secondary N) is 1. The van der Waals surface area contributed by atoms with Gasteiger partial charge in [0.2, 0.25) is 0 Å². The van der Waals surface area contributed by atoms with Crippen LogP contribution in [0.3, 0.4) is 0 Å². The molecule has 0 aromatic heterocycles. The van der Waals surface area contributed by atoms with E-state index in [1.165, 1.54) is 30.3 Å². The van der Waals surface area contributed by atoms with E-state index in [0.29, 0.717) is 5.56 Å². The van der Waals surface area contributed by atoms with Gasteiger partial charge in [0, 0.05) is 6.54 Å². The van der Waals surface area contributed by atoms with Crippen LogP contribution in [0, 0.1) is 0 Å². The van der Waals surface area contributed by atoms with E-state index in [4.69, 9.17) is 0 Å². The topological polar surface area (TPSA) is 29.1 Å². The Balaban J connectivity index is 3.27. The van der Waals surface area contributed by atoms with Gasteiger partial charge in [-0.15, -0.1) is 0 Å². The van der Waals surface area contributed by atoms with Crippen LogP contribution in [0.5, 0.6) is 0 Å². The first kappa shape index (κ1) is 32.5. The maximum absolute atomic E-state index is 13.7. The first-order chi connectivity index (χ1) is 16.2. The third-order valence-electron chi connectivity index (χ3n) is 4.78. The number of rotatable bonds is 11. The lowest BCUT2D eigenvalue weighted by molar-refractivity contribution is -0.459. The molecular formula is C18H12F17NO. The van der Waals surface area contributed by atoms with Crippen molar-refractivity contribution in [3.05, 3.63) is 35.9 Å². The van der Waals surface area contributed by atoms with E-state index in [2.05, 4.69) is 0 Å². The largest absolute Gasteiger partial charge is 0.460 e. The van der Waals surface area contributed by atoms with Crippen LogP contribution in [0.2, 0.25) is 0 Å². The van der Waals surface area contributed by atoms with Gasteiger partial charge >= 0.3 is 47.6 Å². The molecule has 0 atom stereocenters. The normalized spacial score (nSPS) is 15.1. The van der Waals surface area contributed by atoms with Gasteiger partial charge in [0.25, 0.3) is 5.91 Å². The lowest BCUT2D eigenvalue weighted by atomic mass is 9.89. The number of hydrogen-bond acceptors (Lipinski definition) is 1. The molecule has 1 aromatic rings. The number of halogens is 17. The minimum Gasteiger partial charge on any atom is -0.351 e. The first-order valence-electron chi connectivity index (χ1n) is 9.28. The van der Waals surface area contributed by atoms with E-state index < -0.39 is 60.1 Å². The lowest BCUT2D eigenvalue weighted by Crippen LogP contribution is -2.75. The molecule has 0 spiro atoms. The Bertz CT molecular complexity index is 939. The Morgan fingerprint density at radius 2 is 0.946 bits per heavy atom. The summed E-state index contributed by atoms with van der Waals surface area (Å²) in [6, 6.07) is 7.40. The van der Waals surface area contributed by atoms with Gasteiger partial charge in [-0.1, -0.05) is 30.3 Å². The number of carbonyl (C=O) groups excluding carboxylic acids is 1. The van der Waals surface area contributed by atoms with E-state index in [1.807, 2.05) is 0 Å². The zero-order chi connectivity index (χ0) is 29.5. The fourth-order valence-corrected chi connectivity index (χ4v) is 2.56. The van der Waals surface area contributed by atoms with Gasteiger partial charge in [0.1, 0.15) is 0 Å². The minimum absolute atomic E-state index is 0.0635. The Morgan fingerprint density at radius 3 is 1.35 bits per heavy atom. The minimum atomic E-state index is -8.73. The molecule has 1 amide bonds. The predicted octanol–water partition coefficient (Wildman–Crippen LogP) is 6.74. The summed E-state index contributed by atoms with van der Waals surface area (Å²) in [5, 5.41) is 0.884. The smallest absolute Gasteiger partial charge is 0.351 e. The highest BCUT2D eigenvalue weighted by atomic mass is 19.4.